The fourth-order valence-corrected chi connectivity index (χ4v) is 4.17. The molecule has 1 aliphatic heterocycles. The normalized spacial score (nSPS) is 17.4. The first-order valence-electron chi connectivity index (χ1n) is 11.0. The predicted octanol–water partition coefficient (Wildman–Crippen LogP) is 1.57. The number of hydrogen-bond donors (Lipinski definition) is 3. The summed E-state index contributed by atoms with van der Waals surface area (Å²) in [6, 6.07) is 15.8. The number of piperazine rings is 1. The molecule has 0 spiro atoms. The van der Waals surface area contributed by atoms with Crippen molar-refractivity contribution in [3.8, 4) is 0 Å². The van der Waals surface area contributed by atoms with Gasteiger partial charge in [0.15, 0.2) is 0 Å². The van der Waals surface area contributed by atoms with E-state index in [1.165, 1.54) is 0 Å². The number of para-hydroxylation sites is 2. The number of benzene rings is 2. The van der Waals surface area contributed by atoms with Gasteiger partial charge in [-0.25, -0.2) is 4.98 Å². The van der Waals surface area contributed by atoms with Crippen LogP contribution in [0.5, 0.6) is 0 Å². The zero-order valence-corrected chi connectivity index (χ0v) is 18.6. The van der Waals surface area contributed by atoms with Crippen molar-refractivity contribution in [3.63, 3.8) is 0 Å². The second kappa shape index (κ2) is 9.93. The van der Waals surface area contributed by atoms with Crippen LogP contribution in [0.2, 0.25) is 0 Å². The third-order valence-corrected chi connectivity index (χ3v) is 5.98. The number of hydrogen-bond acceptors (Lipinski definition) is 5. The fourth-order valence-electron chi connectivity index (χ4n) is 4.17. The van der Waals surface area contributed by atoms with Crippen molar-refractivity contribution in [2.75, 3.05) is 46.8 Å². The number of nitrogens with one attached hydrogen (secondary N) is 3. The molecule has 2 aromatic carbocycles. The largest absolute Gasteiger partial charge is 0.355 e. The van der Waals surface area contributed by atoms with Gasteiger partial charge in [0.1, 0.15) is 5.82 Å². The average molecular weight is 435 g/mol. The Balaban J connectivity index is 1.30. The van der Waals surface area contributed by atoms with Gasteiger partial charge in [-0.3, -0.25) is 19.4 Å². The summed E-state index contributed by atoms with van der Waals surface area (Å²) >= 11 is 0. The Morgan fingerprint density at radius 3 is 2.81 bits per heavy atom. The molecular formula is C24H30N6O2. The zero-order chi connectivity index (χ0) is 22.5. The van der Waals surface area contributed by atoms with E-state index in [1.54, 1.807) is 7.05 Å². The summed E-state index contributed by atoms with van der Waals surface area (Å²) in [6.07, 6.45) is 0.665. The molecule has 1 fully saturated rings. The van der Waals surface area contributed by atoms with Gasteiger partial charge in [-0.05, 0) is 36.9 Å². The van der Waals surface area contributed by atoms with Crippen LogP contribution in [0.25, 0.3) is 11.0 Å². The molecule has 0 saturated carbocycles. The third-order valence-electron chi connectivity index (χ3n) is 5.98. The Morgan fingerprint density at radius 2 is 2.00 bits per heavy atom. The van der Waals surface area contributed by atoms with E-state index >= 15 is 0 Å². The van der Waals surface area contributed by atoms with Crippen molar-refractivity contribution in [3.05, 3.63) is 65.5 Å². The Bertz CT molecular complexity index is 1060. The van der Waals surface area contributed by atoms with Crippen LogP contribution < -0.4 is 10.6 Å². The minimum Gasteiger partial charge on any atom is -0.355 e. The number of imidazole rings is 1. The summed E-state index contributed by atoms with van der Waals surface area (Å²) in [4.78, 5) is 36.8. The lowest BCUT2D eigenvalue weighted by Gasteiger charge is -2.39. The number of nitrogens with zero attached hydrogens (tertiary/aromatic N) is 3. The lowest BCUT2D eigenvalue weighted by Crippen LogP contribution is -2.49. The molecule has 8 nitrogen and oxygen atoms in total. The quantitative estimate of drug-likeness (QED) is 0.525. The predicted molar refractivity (Wildman–Crippen MR) is 124 cm³/mol. The Morgan fingerprint density at radius 1 is 1.16 bits per heavy atom. The number of aromatic nitrogens is 2. The van der Waals surface area contributed by atoms with Crippen LogP contribution >= 0.6 is 0 Å². The number of carbonyl (C=O) groups excluding carboxylic acids is 2. The molecule has 4 rings (SSSR count). The van der Waals surface area contributed by atoms with E-state index in [2.05, 4.69) is 37.4 Å². The Kier molecular flexibility index (Phi) is 6.82. The molecule has 1 atom stereocenters. The molecule has 3 aromatic rings. The first kappa shape index (κ1) is 22.0. The van der Waals surface area contributed by atoms with Gasteiger partial charge in [-0.2, -0.15) is 0 Å². The molecule has 1 aliphatic rings. The van der Waals surface area contributed by atoms with Crippen LogP contribution in [-0.2, 0) is 11.2 Å². The minimum absolute atomic E-state index is 0.0172. The maximum Gasteiger partial charge on any atom is 0.251 e. The average Bonchev–Trinajstić information content (AvgIpc) is 3.22. The molecular weight excluding hydrogens is 404 g/mol. The van der Waals surface area contributed by atoms with Crippen molar-refractivity contribution in [1.29, 1.82) is 0 Å². The number of likely N-dealkylation sites (N-methyl/N-ethyl adjacent to an activating group) is 1. The van der Waals surface area contributed by atoms with Gasteiger partial charge < -0.3 is 15.6 Å². The standard InChI is InChI=1S/C24H30N6O2/c1-25-24(32)18-7-5-6-17(14-18)21-15-30(13-12-29(21)2)16-23(31)26-11-10-22-27-19-8-3-4-9-20(19)28-22/h3-9,14,21H,10-13,15-16H2,1-2H3,(H,25,32)(H,26,31)(H,27,28)/t21-/m0/s1. The van der Waals surface area contributed by atoms with E-state index in [1.807, 2.05) is 48.5 Å². The second-order valence-electron chi connectivity index (χ2n) is 8.24. The monoisotopic (exact) mass is 434 g/mol. The van der Waals surface area contributed by atoms with Gasteiger partial charge >= 0.3 is 0 Å². The van der Waals surface area contributed by atoms with Crippen molar-refractivity contribution >= 4 is 22.8 Å². The summed E-state index contributed by atoms with van der Waals surface area (Å²) in [6.45, 7) is 3.34. The summed E-state index contributed by atoms with van der Waals surface area (Å²) in [5.74, 6) is 0.802. The number of fused-ring (bicyclic) bond motifs is 1. The lowest BCUT2D eigenvalue weighted by molar-refractivity contribution is -0.122. The van der Waals surface area contributed by atoms with Crippen LogP contribution in [0.4, 0.5) is 0 Å². The highest BCUT2D eigenvalue weighted by Crippen LogP contribution is 2.24. The number of rotatable bonds is 7. The van der Waals surface area contributed by atoms with E-state index in [-0.39, 0.29) is 17.9 Å². The highest BCUT2D eigenvalue weighted by Gasteiger charge is 2.27. The van der Waals surface area contributed by atoms with Gasteiger partial charge in [0, 0.05) is 51.3 Å². The number of carbonyl (C=O) groups is 2. The van der Waals surface area contributed by atoms with Gasteiger partial charge in [0.25, 0.3) is 5.91 Å². The Labute approximate surface area is 188 Å². The molecule has 8 heteroatoms. The van der Waals surface area contributed by atoms with Gasteiger partial charge in [0.05, 0.1) is 17.6 Å². The lowest BCUT2D eigenvalue weighted by atomic mass is 10.00. The molecule has 1 aromatic heterocycles. The van der Waals surface area contributed by atoms with E-state index in [4.69, 9.17) is 0 Å². The molecule has 32 heavy (non-hydrogen) atoms. The summed E-state index contributed by atoms with van der Waals surface area (Å²) in [5.41, 5.74) is 3.69. The first-order chi connectivity index (χ1) is 15.5. The maximum atomic E-state index is 12.5. The minimum atomic E-state index is -0.0917. The summed E-state index contributed by atoms with van der Waals surface area (Å²) in [5, 5.41) is 5.69. The SMILES string of the molecule is CNC(=O)c1cccc([C@@H]2CN(CC(=O)NCCc3nc4ccccc4[nH]3)CCN2C)c1. The maximum absolute atomic E-state index is 12.5. The van der Waals surface area contributed by atoms with Crippen LogP contribution in [0.1, 0.15) is 27.8 Å². The van der Waals surface area contributed by atoms with Gasteiger partial charge in [-0.15, -0.1) is 0 Å². The molecule has 2 heterocycles. The van der Waals surface area contributed by atoms with Crippen LogP contribution in [0, 0.1) is 0 Å². The van der Waals surface area contributed by atoms with Crippen LogP contribution in [0.15, 0.2) is 48.5 Å². The third kappa shape index (κ3) is 5.15. The van der Waals surface area contributed by atoms with E-state index < -0.39 is 0 Å². The summed E-state index contributed by atoms with van der Waals surface area (Å²) in [7, 11) is 3.72. The number of H-pyrrole nitrogens is 1. The van der Waals surface area contributed by atoms with Crippen molar-refractivity contribution in [2.45, 2.75) is 12.5 Å². The van der Waals surface area contributed by atoms with Crippen LogP contribution in [-0.4, -0.2) is 78.4 Å². The van der Waals surface area contributed by atoms with Crippen molar-refractivity contribution in [2.24, 2.45) is 0 Å². The van der Waals surface area contributed by atoms with Gasteiger partial charge in [-0.1, -0.05) is 24.3 Å². The molecule has 168 valence electrons. The molecule has 0 unspecified atom stereocenters. The van der Waals surface area contributed by atoms with Crippen molar-refractivity contribution < 1.29 is 9.59 Å². The number of aromatic amines is 1. The first-order valence-corrected chi connectivity index (χ1v) is 11.0. The topological polar surface area (TPSA) is 93.4 Å². The zero-order valence-electron chi connectivity index (χ0n) is 18.6. The molecule has 0 radical (unpaired) electrons. The molecule has 3 N–H and O–H groups in total. The van der Waals surface area contributed by atoms with E-state index in [9.17, 15) is 9.59 Å². The Hall–Kier alpha value is -3.23. The van der Waals surface area contributed by atoms with E-state index in [0.29, 0.717) is 25.1 Å². The number of amides is 2. The summed E-state index contributed by atoms with van der Waals surface area (Å²) < 4.78 is 0. The second-order valence-corrected chi connectivity index (χ2v) is 8.24. The molecule has 2 amide bonds. The fraction of sp³-hybridized carbons (Fsp3) is 0.375. The van der Waals surface area contributed by atoms with Crippen LogP contribution in [0.3, 0.4) is 0 Å². The highest BCUT2D eigenvalue weighted by atomic mass is 16.2. The van der Waals surface area contributed by atoms with Crippen molar-refractivity contribution in [1.82, 2.24) is 30.4 Å². The van der Waals surface area contributed by atoms with E-state index in [0.717, 1.165) is 42.1 Å². The van der Waals surface area contributed by atoms with Gasteiger partial charge in [0.2, 0.25) is 5.91 Å². The molecule has 0 bridgehead atoms. The highest BCUT2D eigenvalue weighted by molar-refractivity contribution is 5.94. The molecule has 1 saturated heterocycles. The smallest absolute Gasteiger partial charge is 0.251 e. The molecule has 0 aliphatic carbocycles.